The average molecular weight is 399 g/mol. The Hall–Kier alpha value is -1.12. The smallest absolute Gasteiger partial charge is 0.245 e. The average Bonchev–Trinajstić information content (AvgIpc) is 2.62. The zero-order valence-electron chi connectivity index (χ0n) is 14.0. The van der Waals surface area contributed by atoms with Gasteiger partial charge in [0, 0.05) is 17.0 Å². The number of likely N-dealkylation sites (N-methyl/N-ethyl adjacent to an activating group) is 1. The number of thioether (sulfide) groups is 1. The first-order valence-electron chi connectivity index (χ1n) is 8.10. The van der Waals surface area contributed by atoms with Crippen molar-refractivity contribution < 1.29 is 13.3 Å². The molecule has 2 aromatic rings. The fraction of sp³-hybridized carbons (Fsp3) is 0.353. The van der Waals surface area contributed by atoms with Crippen LogP contribution in [0.25, 0.3) is 0 Å². The van der Waals surface area contributed by atoms with Gasteiger partial charge in [-0.05, 0) is 29.8 Å². The van der Waals surface area contributed by atoms with Crippen molar-refractivity contribution >= 4 is 33.4 Å². The minimum atomic E-state index is -3.44. The Labute approximate surface area is 158 Å². The summed E-state index contributed by atoms with van der Waals surface area (Å²) in [7, 11) is -1.36. The number of piperazine rings is 1. The van der Waals surface area contributed by atoms with Crippen LogP contribution < -0.4 is 4.90 Å². The predicted molar refractivity (Wildman–Crippen MR) is 101 cm³/mol. The van der Waals surface area contributed by atoms with Gasteiger partial charge < -0.3 is 4.90 Å². The van der Waals surface area contributed by atoms with Crippen LogP contribution in [0.5, 0.6) is 0 Å². The number of hydrogen-bond donors (Lipinski definition) is 1. The zero-order valence-corrected chi connectivity index (χ0v) is 16.4. The second kappa shape index (κ2) is 8.05. The number of sulfonamides is 1. The Balaban J connectivity index is 1.64. The van der Waals surface area contributed by atoms with E-state index < -0.39 is 10.0 Å². The van der Waals surface area contributed by atoms with Gasteiger partial charge in [-0.1, -0.05) is 23.7 Å². The first kappa shape index (κ1) is 18.7. The molecule has 0 aliphatic carbocycles. The molecule has 0 radical (unpaired) electrons. The normalized spacial score (nSPS) is 16.9. The van der Waals surface area contributed by atoms with E-state index in [1.807, 2.05) is 24.3 Å². The molecule has 1 aliphatic rings. The molecule has 1 N–H and O–H groups in total. The highest BCUT2D eigenvalue weighted by molar-refractivity contribution is 7.98. The lowest BCUT2D eigenvalue weighted by Gasteiger charge is -2.29. The van der Waals surface area contributed by atoms with Crippen LogP contribution in [-0.4, -0.2) is 50.9 Å². The number of halogens is 1. The van der Waals surface area contributed by atoms with E-state index >= 15 is 0 Å². The van der Waals surface area contributed by atoms with Gasteiger partial charge in [-0.25, -0.2) is 13.4 Å². The highest BCUT2D eigenvalue weighted by Gasteiger charge is 2.29. The minimum Gasteiger partial charge on any atom is -0.335 e. The number of aromatic nitrogens is 1. The maximum absolute atomic E-state index is 12.7. The van der Waals surface area contributed by atoms with Gasteiger partial charge in [-0.3, -0.25) is 0 Å². The third-order valence-electron chi connectivity index (χ3n) is 4.22. The van der Waals surface area contributed by atoms with Gasteiger partial charge in [0.15, 0.2) is 0 Å². The first-order valence-corrected chi connectivity index (χ1v) is 10.9. The Kier molecular flexibility index (Phi) is 6.01. The number of pyridine rings is 1. The van der Waals surface area contributed by atoms with Gasteiger partial charge >= 0.3 is 0 Å². The molecule has 1 aliphatic heterocycles. The van der Waals surface area contributed by atoms with E-state index in [9.17, 15) is 8.42 Å². The van der Waals surface area contributed by atoms with E-state index in [1.54, 1.807) is 28.2 Å². The van der Waals surface area contributed by atoms with Crippen LogP contribution in [0.15, 0.2) is 52.5 Å². The molecular formula is C17H21ClN3O2S2+. The Morgan fingerprint density at radius 2 is 1.84 bits per heavy atom. The van der Waals surface area contributed by atoms with Crippen LogP contribution in [0.2, 0.25) is 5.02 Å². The van der Waals surface area contributed by atoms with Crippen LogP contribution >= 0.6 is 23.4 Å². The molecular weight excluding hydrogens is 378 g/mol. The fourth-order valence-corrected chi connectivity index (χ4v) is 4.91. The maximum Gasteiger partial charge on any atom is 0.245 e. The monoisotopic (exact) mass is 398 g/mol. The van der Waals surface area contributed by atoms with Crippen LogP contribution in [0, 0.1) is 0 Å². The minimum absolute atomic E-state index is 0.267. The van der Waals surface area contributed by atoms with Crippen LogP contribution in [0.4, 0.5) is 0 Å². The van der Waals surface area contributed by atoms with Crippen molar-refractivity contribution in [3.8, 4) is 0 Å². The molecule has 1 saturated heterocycles. The van der Waals surface area contributed by atoms with Gasteiger partial charge in [0.25, 0.3) is 0 Å². The van der Waals surface area contributed by atoms with Gasteiger partial charge in [-0.15, -0.1) is 11.8 Å². The summed E-state index contributed by atoms with van der Waals surface area (Å²) >= 11 is 7.45. The molecule has 1 fully saturated rings. The highest BCUT2D eigenvalue weighted by Crippen LogP contribution is 2.23. The second-order valence-electron chi connectivity index (χ2n) is 6.11. The number of benzene rings is 1. The Bertz CT molecular complexity index is 803. The van der Waals surface area contributed by atoms with Crippen molar-refractivity contribution in [1.29, 1.82) is 0 Å². The van der Waals surface area contributed by atoms with E-state index in [1.165, 1.54) is 11.1 Å². The molecule has 1 aromatic carbocycles. The van der Waals surface area contributed by atoms with Gasteiger partial charge in [0.2, 0.25) is 10.0 Å². The van der Waals surface area contributed by atoms with Crippen molar-refractivity contribution in [2.45, 2.75) is 15.7 Å². The summed E-state index contributed by atoms with van der Waals surface area (Å²) in [6.07, 6.45) is 1.46. The molecule has 0 atom stereocenters. The summed E-state index contributed by atoms with van der Waals surface area (Å²) in [5.41, 5.74) is 1.15. The van der Waals surface area contributed by atoms with Gasteiger partial charge in [-0.2, -0.15) is 4.31 Å². The lowest BCUT2D eigenvalue weighted by atomic mass is 10.2. The zero-order chi connectivity index (χ0) is 17.9. The Morgan fingerprint density at radius 3 is 2.44 bits per heavy atom. The molecule has 0 unspecified atom stereocenters. The molecule has 0 amide bonds. The highest BCUT2D eigenvalue weighted by atomic mass is 35.5. The molecule has 25 heavy (non-hydrogen) atoms. The summed E-state index contributed by atoms with van der Waals surface area (Å²) in [5.74, 6) is 0.761. The second-order valence-corrected chi connectivity index (χ2v) is 9.48. The molecule has 3 rings (SSSR count). The van der Waals surface area contributed by atoms with Crippen molar-refractivity contribution in [2.75, 3.05) is 33.2 Å². The third-order valence-corrected chi connectivity index (χ3v) is 7.37. The fourth-order valence-electron chi connectivity index (χ4n) is 2.60. The molecule has 5 nitrogen and oxygen atoms in total. The lowest BCUT2D eigenvalue weighted by molar-refractivity contribution is -0.883. The molecule has 134 valence electrons. The molecule has 8 heteroatoms. The molecule has 2 heterocycles. The van der Waals surface area contributed by atoms with E-state index in [0.29, 0.717) is 18.1 Å². The van der Waals surface area contributed by atoms with Crippen molar-refractivity contribution in [1.82, 2.24) is 9.29 Å². The van der Waals surface area contributed by atoms with Gasteiger partial charge in [0.05, 0.1) is 38.3 Å². The molecule has 0 bridgehead atoms. The predicted octanol–water partition coefficient (Wildman–Crippen LogP) is 1.55. The summed E-state index contributed by atoms with van der Waals surface area (Å²) in [6.45, 7) is 2.78. The number of nitrogens with zero attached hydrogens (tertiary/aromatic N) is 2. The number of nitrogens with one attached hydrogen (secondary N) is 1. The van der Waals surface area contributed by atoms with Crippen molar-refractivity contribution in [3.63, 3.8) is 0 Å². The Morgan fingerprint density at radius 1 is 1.16 bits per heavy atom. The molecule has 1 aromatic heterocycles. The van der Waals surface area contributed by atoms with Crippen LogP contribution in [-0.2, 0) is 15.8 Å². The maximum atomic E-state index is 12.7. The molecule has 0 saturated carbocycles. The number of rotatable bonds is 5. The quantitative estimate of drug-likeness (QED) is 0.776. The van der Waals surface area contributed by atoms with Gasteiger partial charge in [0.1, 0.15) is 4.90 Å². The molecule has 0 spiro atoms. The van der Waals surface area contributed by atoms with Crippen molar-refractivity contribution in [2.24, 2.45) is 0 Å². The van der Waals surface area contributed by atoms with Crippen molar-refractivity contribution in [3.05, 3.63) is 53.2 Å². The van der Waals surface area contributed by atoms with E-state index in [4.69, 9.17) is 11.6 Å². The van der Waals surface area contributed by atoms with Crippen LogP contribution in [0.1, 0.15) is 5.56 Å². The third kappa shape index (κ3) is 4.74. The SMILES string of the molecule is C[NH+]1CCN(S(=O)(=O)c2ccc(SCc3ccc(Cl)cc3)nc2)CC1. The van der Waals surface area contributed by atoms with E-state index in [2.05, 4.69) is 12.0 Å². The summed E-state index contributed by atoms with van der Waals surface area (Å²) in [6, 6.07) is 11.1. The lowest BCUT2D eigenvalue weighted by Crippen LogP contribution is -3.12. The number of quaternary nitrogens is 1. The summed E-state index contributed by atoms with van der Waals surface area (Å²) < 4.78 is 26.9. The van der Waals surface area contributed by atoms with E-state index in [0.717, 1.165) is 29.4 Å². The van der Waals surface area contributed by atoms with Crippen LogP contribution in [0.3, 0.4) is 0 Å². The standard InChI is InChI=1S/C17H20ClN3O2S2/c1-20-8-10-21(11-9-20)25(22,23)16-6-7-17(19-12-16)24-13-14-2-4-15(18)5-3-14/h2-7,12H,8-11,13H2,1H3/p+1. The largest absolute Gasteiger partial charge is 0.335 e. The topological polar surface area (TPSA) is 54.7 Å². The number of hydrogen-bond acceptors (Lipinski definition) is 4. The van der Waals surface area contributed by atoms with E-state index in [-0.39, 0.29) is 4.90 Å². The first-order chi connectivity index (χ1) is 11.9. The summed E-state index contributed by atoms with van der Waals surface area (Å²) in [5, 5.41) is 1.52. The summed E-state index contributed by atoms with van der Waals surface area (Å²) in [4.78, 5) is 5.94.